The third-order valence-corrected chi connectivity index (χ3v) is 4.26. The lowest BCUT2D eigenvalue weighted by atomic mass is 9.95. The van der Waals surface area contributed by atoms with Crippen LogP contribution in [0, 0.1) is 17.9 Å². The van der Waals surface area contributed by atoms with Crippen LogP contribution in [0.2, 0.25) is 0 Å². The van der Waals surface area contributed by atoms with Crippen LogP contribution >= 0.6 is 0 Å². The average molecular weight is 362 g/mol. The van der Waals surface area contributed by atoms with Gasteiger partial charge in [0.25, 0.3) is 5.70 Å². The standard InChI is InChI=1S/C22H14N6/c1-24-21(16-23)22(17-6-2-8-19(14-17)27-12-4-10-25-27)18-7-3-9-20(15-18)28-13-5-11-26-28/h2-15H. The highest BCUT2D eigenvalue weighted by atomic mass is 15.3. The SMILES string of the molecule is [C-]#[N+]C(C#N)=C(c1cccc(-n2cccn2)c1)c1cccc(-n2cccn2)c1. The first-order chi connectivity index (χ1) is 13.8. The maximum absolute atomic E-state index is 9.57. The molecule has 6 heteroatoms. The first kappa shape index (κ1) is 17.0. The molecule has 4 aromatic rings. The second kappa shape index (κ2) is 7.45. The Labute approximate surface area is 162 Å². The third kappa shape index (κ3) is 3.18. The van der Waals surface area contributed by atoms with Gasteiger partial charge < -0.3 is 0 Å². The number of aromatic nitrogens is 4. The normalized spacial score (nSPS) is 10.1. The molecule has 0 atom stereocenters. The number of nitriles is 1. The Kier molecular flexibility index (Phi) is 4.53. The van der Waals surface area contributed by atoms with Gasteiger partial charge in [0.2, 0.25) is 0 Å². The van der Waals surface area contributed by atoms with Crippen LogP contribution in [-0.4, -0.2) is 19.6 Å². The molecule has 0 aliphatic rings. The van der Waals surface area contributed by atoms with Crippen molar-refractivity contribution in [3.05, 3.63) is 114 Å². The van der Waals surface area contributed by atoms with Crippen LogP contribution < -0.4 is 0 Å². The molecule has 0 aliphatic carbocycles. The van der Waals surface area contributed by atoms with Crippen molar-refractivity contribution in [3.63, 3.8) is 0 Å². The quantitative estimate of drug-likeness (QED) is 0.402. The van der Waals surface area contributed by atoms with E-state index in [1.54, 1.807) is 21.8 Å². The van der Waals surface area contributed by atoms with Crippen molar-refractivity contribution in [2.75, 3.05) is 0 Å². The van der Waals surface area contributed by atoms with Gasteiger partial charge in [-0.05, 0) is 47.5 Å². The van der Waals surface area contributed by atoms with E-state index in [4.69, 9.17) is 6.57 Å². The number of benzene rings is 2. The zero-order chi connectivity index (χ0) is 19.3. The summed E-state index contributed by atoms with van der Waals surface area (Å²) in [5.41, 5.74) is 3.88. The summed E-state index contributed by atoms with van der Waals surface area (Å²) in [6.07, 6.45) is 7.11. The van der Waals surface area contributed by atoms with Gasteiger partial charge in [0, 0.05) is 30.4 Å². The number of nitrogens with zero attached hydrogens (tertiary/aromatic N) is 6. The molecule has 0 unspecified atom stereocenters. The summed E-state index contributed by atoms with van der Waals surface area (Å²) in [4.78, 5) is 3.47. The second-order valence-electron chi connectivity index (χ2n) is 5.95. The Morgan fingerprint density at radius 2 is 1.39 bits per heavy atom. The van der Waals surface area contributed by atoms with E-state index in [9.17, 15) is 5.26 Å². The topological polar surface area (TPSA) is 63.8 Å². The predicted octanol–water partition coefficient (Wildman–Crippen LogP) is 4.26. The smallest absolute Gasteiger partial charge is 0.241 e. The lowest BCUT2D eigenvalue weighted by Crippen LogP contribution is -1.99. The Bertz CT molecular complexity index is 1120. The predicted molar refractivity (Wildman–Crippen MR) is 105 cm³/mol. The summed E-state index contributed by atoms with van der Waals surface area (Å²) in [6, 6.07) is 21.0. The molecule has 132 valence electrons. The number of allylic oxidation sites excluding steroid dienone is 1. The molecular weight excluding hydrogens is 348 g/mol. The molecule has 2 aromatic heterocycles. The Morgan fingerprint density at radius 1 is 0.857 bits per heavy atom. The summed E-state index contributed by atoms with van der Waals surface area (Å²) < 4.78 is 3.48. The van der Waals surface area contributed by atoms with Gasteiger partial charge in [-0.3, -0.25) is 0 Å². The molecule has 2 aromatic carbocycles. The van der Waals surface area contributed by atoms with Gasteiger partial charge in [0.15, 0.2) is 0 Å². The van der Waals surface area contributed by atoms with E-state index < -0.39 is 0 Å². The van der Waals surface area contributed by atoms with Crippen molar-refractivity contribution in [2.24, 2.45) is 0 Å². The monoisotopic (exact) mass is 362 g/mol. The molecule has 0 saturated heterocycles. The second-order valence-corrected chi connectivity index (χ2v) is 5.95. The minimum absolute atomic E-state index is 0.0373. The third-order valence-electron chi connectivity index (χ3n) is 4.26. The molecule has 28 heavy (non-hydrogen) atoms. The Hall–Kier alpha value is -4.42. The number of hydrogen-bond donors (Lipinski definition) is 0. The van der Waals surface area contributed by atoms with E-state index in [0.717, 1.165) is 22.5 Å². The van der Waals surface area contributed by atoms with E-state index in [2.05, 4.69) is 15.0 Å². The fourth-order valence-electron chi connectivity index (χ4n) is 3.03. The van der Waals surface area contributed by atoms with E-state index >= 15 is 0 Å². The molecule has 0 aliphatic heterocycles. The van der Waals surface area contributed by atoms with Gasteiger partial charge in [-0.1, -0.05) is 24.3 Å². The van der Waals surface area contributed by atoms with E-state index in [-0.39, 0.29) is 5.70 Å². The van der Waals surface area contributed by atoms with Gasteiger partial charge >= 0.3 is 0 Å². The number of hydrogen-bond acceptors (Lipinski definition) is 3. The molecular formula is C22H14N6. The highest BCUT2D eigenvalue weighted by molar-refractivity contribution is 5.86. The van der Waals surface area contributed by atoms with E-state index in [0.29, 0.717) is 5.57 Å². The average Bonchev–Trinajstić information content (AvgIpc) is 3.46. The minimum atomic E-state index is 0.0373. The van der Waals surface area contributed by atoms with Gasteiger partial charge in [-0.15, -0.1) is 0 Å². The van der Waals surface area contributed by atoms with Crippen molar-refractivity contribution in [1.29, 1.82) is 5.26 Å². The lowest BCUT2D eigenvalue weighted by molar-refractivity contribution is 0.879. The van der Waals surface area contributed by atoms with Crippen molar-refractivity contribution in [1.82, 2.24) is 19.6 Å². The summed E-state index contributed by atoms with van der Waals surface area (Å²) in [5, 5.41) is 18.1. The first-order valence-electron chi connectivity index (χ1n) is 8.53. The Morgan fingerprint density at radius 3 is 1.79 bits per heavy atom. The van der Waals surface area contributed by atoms with Crippen LogP contribution in [0.5, 0.6) is 0 Å². The fraction of sp³-hybridized carbons (Fsp3) is 0. The fourth-order valence-corrected chi connectivity index (χ4v) is 3.03. The first-order valence-corrected chi connectivity index (χ1v) is 8.53. The van der Waals surface area contributed by atoms with Crippen LogP contribution in [0.15, 0.2) is 91.1 Å². The molecule has 6 nitrogen and oxygen atoms in total. The summed E-state index contributed by atoms with van der Waals surface area (Å²) in [7, 11) is 0. The van der Waals surface area contributed by atoms with Crippen molar-refractivity contribution >= 4 is 5.57 Å². The zero-order valence-corrected chi connectivity index (χ0v) is 14.8. The van der Waals surface area contributed by atoms with Crippen molar-refractivity contribution < 1.29 is 0 Å². The molecule has 0 radical (unpaired) electrons. The molecule has 0 fully saturated rings. The lowest BCUT2D eigenvalue weighted by Gasteiger charge is -2.12. The van der Waals surface area contributed by atoms with Crippen LogP contribution in [0.25, 0.3) is 21.8 Å². The molecule has 0 amide bonds. The molecule has 0 bridgehead atoms. The molecule has 0 spiro atoms. The highest BCUT2D eigenvalue weighted by Gasteiger charge is 2.14. The maximum atomic E-state index is 9.57. The van der Waals surface area contributed by atoms with Crippen LogP contribution in [0.3, 0.4) is 0 Å². The molecule has 0 N–H and O–H groups in total. The van der Waals surface area contributed by atoms with E-state index in [1.807, 2.05) is 79.1 Å². The van der Waals surface area contributed by atoms with Crippen LogP contribution in [0.1, 0.15) is 11.1 Å². The zero-order valence-electron chi connectivity index (χ0n) is 14.8. The van der Waals surface area contributed by atoms with E-state index in [1.165, 1.54) is 0 Å². The Balaban J connectivity index is 1.89. The largest absolute Gasteiger partial charge is 0.270 e. The highest BCUT2D eigenvalue weighted by Crippen LogP contribution is 2.30. The maximum Gasteiger partial charge on any atom is 0.270 e. The van der Waals surface area contributed by atoms with Gasteiger partial charge in [-0.25, -0.2) is 19.5 Å². The van der Waals surface area contributed by atoms with Crippen LogP contribution in [0.4, 0.5) is 0 Å². The van der Waals surface area contributed by atoms with Gasteiger partial charge in [0.05, 0.1) is 24.0 Å². The summed E-state index contributed by atoms with van der Waals surface area (Å²) >= 11 is 0. The molecule has 4 rings (SSSR count). The molecule has 2 heterocycles. The van der Waals surface area contributed by atoms with Gasteiger partial charge in [0.1, 0.15) is 0 Å². The van der Waals surface area contributed by atoms with Crippen LogP contribution in [-0.2, 0) is 0 Å². The van der Waals surface area contributed by atoms with Gasteiger partial charge in [-0.2, -0.15) is 10.2 Å². The summed E-state index contributed by atoms with van der Waals surface area (Å²) in [5.74, 6) is 0. The van der Waals surface area contributed by atoms with Crippen molar-refractivity contribution in [2.45, 2.75) is 0 Å². The molecule has 0 saturated carbocycles. The van der Waals surface area contributed by atoms with Crippen molar-refractivity contribution in [3.8, 4) is 17.4 Å². The minimum Gasteiger partial charge on any atom is -0.241 e. The summed E-state index contributed by atoms with van der Waals surface area (Å²) in [6.45, 7) is 7.48. The number of rotatable bonds is 4.